The van der Waals surface area contributed by atoms with Crippen molar-refractivity contribution >= 4 is 11.1 Å². The van der Waals surface area contributed by atoms with Crippen LogP contribution in [0.25, 0.3) is 11.1 Å². The molecule has 0 spiro atoms. The number of allylic oxidation sites excluding steroid dienone is 6. The first-order chi connectivity index (χ1) is 20.4. The summed E-state index contributed by atoms with van der Waals surface area (Å²) in [6.45, 7) is 28.0. The lowest BCUT2D eigenvalue weighted by Crippen LogP contribution is -2.38. The topological polar surface area (TPSA) is 27.3 Å². The van der Waals surface area contributed by atoms with E-state index >= 15 is 0 Å². The van der Waals surface area contributed by atoms with Crippen LogP contribution in [0.2, 0.25) is 0 Å². The number of nitrogens with one attached hydrogen (secondary N) is 2. The summed E-state index contributed by atoms with van der Waals surface area (Å²) in [5.41, 5.74) is 14.7. The Bertz CT molecular complexity index is 1420. The summed E-state index contributed by atoms with van der Waals surface area (Å²) < 4.78 is 0. The van der Waals surface area contributed by atoms with Crippen molar-refractivity contribution in [2.75, 3.05) is 20.6 Å². The number of hydrogen-bond acceptors (Lipinski definition) is 3. The van der Waals surface area contributed by atoms with E-state index in [9.17, 15) is 0 Å². The van der Waals surface area contributed by atoms with Gasteiger partial charge in [0.2, 0.25) is 0 Å². The van der Waals surface area contributed by atoms with Crippen molar-refractivity contribution in [3.05, 3.63) is 105 Å². The number of likely N-dealkylation sites (N-methyl/N-ethyl adjacent to an activating group) is 1. The number of hydrogen-bond donors (Lipinski definition) is 2. The minimum Gasteiger partial charge on any atom is -0.306 e. The highest BCUT2D eigenvalue weighted by Gasteiger charge is 2.28. The van der Waals surface area contributed by atoms with Gasteiger partial charge in [0.05, 0.1) is 0 Å². The Morgan fingerprint density at radius 2 is 1.23 bits per heavy atom. The summed E-state index contributed by atoms with van der Waals surface area (Å²) >= 11 is 0. The fourth-order valence-electron chi connectivity index (χ4n) is 6.85. The average molecular weight is 596 g/mol. The van der Waals surface area contributed by atoms with Crippen molar-refractivity contribution < 1.29 is 0 Å². The lowest BCUT2D eigenvalue weighted by atomic mass is 9.86. The van der Waals surface area contributed by atoms with E-state index in [1.54, 1.807) is 0 Å². The van der Waals surface area contributed by atoms with Gasteiger partial charge in [-0.1, -0.05) is 73.2 Å². The van der Waals surface area contributed by atoms with Crippen molar-refractivity contribution in [2.45, 2.75) is 113 Å². The van der Waals surface area contributed by atoms with Crippen LogP contribution in [0.4, 0.5) is 0 Å². The normalized spacial score (nSPS) is 18.8. The molecule has 44 heavy (non-hydrogen) atoms. The molecule has 2 aliphatic carbocycles. The van der Waals surface area contributed by atoms with Crippen LogP contribution < -0.4 is 10.6 Å². The Morgan fingerprint density at radius 1 is 0.750 bits per heavy atom. The van der Waals surface area contributed by atoms with Gasteiger partial charge in [-0.05, 0) is 147 Å². The minimum atomic E-state index is 0.112. The molecule has 0 radical (unpaired) electrons. The molecule has 2 aromatic rings. The molecule has 3 unspecified atom stereocenters. The van der Waals surface area contributed by atoms with E-state index < -0.39 is 0 Å². The van der Waals surface area contributed by atoms with Crippen LogP contribution in [0.3, 0.4) is 0 Å². The molecule has 2 aromatic carbocycles. The van der Waals surface area contributed by atoms with Gasteiger partial charge >= 0.3 is 0 Å². The summed E-state index contributed by atoms with van der Waals surface area (Å²) in [6, 6.07) is 18.4. The first-order valence-electron chi connectivity index (χ1n) is 16.6. The molecule has 0 bridgehead atoms. The highest BCUT2D eigenvalue weighted by atomic mass is 15.0. The van der Waals surface area contributed by atoms with Gasteiger partial charge in [0.1, 0.15) is 0 Å². The molecule has 3 atom stereocenters. The molecule has 0 amide bonds. The third-order valence-corrected chi connectivity index (χ3v) is 8.92. The molecule has 0 aromatic heterocycles. The zero-order chi connectivity index (χ0) is 33.0. The SMILES string of the molecule is CC(NC(C)(C)C)c1ccccc1C1=C(CN(C)C)C=CC1.CC1=C(C)C(C)C(c2ccccc2C(C)NC(C)(C)C)=C1C. The molecule has 2 N–H and O–H groups in total. The molecular weight excluding hydrogens is 534 g/mol. The van der Waals surface area contributed by atoms with Gasteiger partial charge in [0.15, 0.2) is 0 Å². The molecule has 3 nitrogen and oxygen atoms in total. The van der Waals surface area contributed by atoms with Crippen LogP contribution in [-0.4, -0.2) is 36.6 Å². The van der Waals surface area contributed by atoms with Crippen LogP contribution in [0.5, 0.6) is 0 Å². The Hall–Kier alpha value is -2.72. The Kier molecular flexibility index (Phi) is 11.9. The maximum absolute atomic E-state index is 3.72. The number of benzene rings is 2. The van der Waals surface area contributed by atoms with E-state index in [1.807, 2.05) is 0 Å². The van der Waals surface area contributed by atoms with Crippen LogP contribution in [0.15, 0.2) is 83.0 Å². The molecule has 0 aliphatic heterocycles. The second-order valence-corrected chi connectivity index (χ2v) is 15.3. The summed E-state index contributed by atoms with van der Waals surface area (Å²) in [4.78, 5) is 2.24. The number of rotatable bonds is 8. The summed E-state index contributed by atoms with van der Waals surface area (Å²) in [6.07, 6.45) is 5.61. The standard InChI is InChI=1S/C21H31N.C20H30N2/c1-13-14(2)16(4)20(15(13)3)19-12-10-9-11-18(19)17(5)22-21(6,7)8;1-15(21-20(2,3)4)17-11-7-8-12-19(17)18-13-9-10-16(18)14-22(5)6/h9-12,15,17,22H,1-8H3;7-12,15,21H,13-14H2,1-6H3. The zero-order valence-corrected chi connectivity index (χ0v) is 30.4. The van der Waals surface area contributed by atoms with Crippen molar-refractivity contribution in [1.82, 2.24) is 15.5 Å². The Labute approximate surface area is 270 Å². The van der Waals surface area contributed by atoms with E-state index in [0.717, 1.165) is 13.0 Å². The Morgan fingerprint density at radius 3 is 1.68 bits per heavy atom. The maximum Gasteiger partial charge on any atom is 0.0302 e. The lowest BCUT2D eigenvalue weighted by molar-refractivity contribution is 0.377. The lowest BCUT2D eigenvalue weighted by Gasteiger charge is -2.28. The van der Waals surface area contributed by atoms with E-state index in [1.165, 1.54) is 55.7 Å². The van der Waals surface area contributed by atoms with Crippen LogP contribution in [-0.2, 0) is 0 Å². The second kappa shape index (κ2) is 14.6. The molecule has 0 fully saturated rings. The van der Waals surface area contributed by atoms with Gasteiger partial charge in [-0.2, -0.15) is 0 Å². The summed E-state index contributed by atoms with van der Waals surface area (Å²) in [7, 11) is 4.26. The van der Waals surface area contributed by atoms with Gasteiger partial charge in [-0.15, -0.1) is 0 Å². The smallest absolute Gasteiger partial charge is 0.0302 e. The summed E-state index contributed by atoms with van der Waals surface area (Å²) in [5, 5.41) is 7.42. The molecule has 4 rings (SSSR count). The summed E-state index contributed by atoms with van der Waals surface area (Å²) in [5.74, 6) is 0.517. The van der Waals surface area contributed by atoms with Crippen molar-refractivity contribution in [2.24, 2.45) is 5.92 Å². The van der Waals surface area contributed by atoms with Crippen molar-refractivity contribution in [3.8, 4) is 0 Å². The molecule has 0 saturated carbocycles. The predicted molar refractivity (Wildman–Crippen MR) is 195 cm³/mol. The predicted octanol–water partition coefficient (Wildman–Crippen LogP) is 10.3. The van der Waals surface area contributed by atoms with Crippen LogP contribution in [0.1, 0.15) is 124 Å². The van der Waals surface area contributed by atoms with Gasteiger partial charge in [0, 0.05) is 35.6 Å². The third kappa shape index (κ3) is 9.16. The van der Waals surface area contributed by atoms with Gasteiger partial charge in [0.25, 0.3) is 0 Å². The van der Waals surface area contributed by atoms with E-state index in [4.69, 9.17) is 0 Å². The molecule has 3 heteroatoms. The first kappa shape index (κ1) is 35.8. The fourth-order valence-corrected chi connectivity index (χ4v) is 6.85. The molecule has 2 aliphatic rings. The van der Waals surface area contributed by atoms with E-state index in [2.05, 4.69) is 173 Å². The van der Waals surface area contributed by atoms with Gasteiger partial charge in [-0.3, -0.25) is 0 Å². The van der Waals surface area contributed by atoms with Crippen LogP contribution in [0, 0.1) is 5.92 Å². The van der Waals surface area contributed by atoms with Crippen LogP contribution >= 0.6 is 0 Å². The highest BCUT2D eigenvalue weighted by molar-refractivity contribution is 5.81. The quantitative estimate of drug-likeness (QED) is 0.318. The largest absolute Gasteiger partial charge is 0.306 e. The van der Waals surface area contributed by atoms with E-state index in [-0.39, 0.29) is 11.1 Å². The first-order valence-corrected chi connectivity index (χ1v) is 16.6. The molecule has 0 heterocycles. The second-order valence-electron chi connectivity index (χ2n) is 15.3. The molecule has 0 saturated heterocycles. The molecular formula is C41H61N3. The zero-order valence-electron chi connectivity index (χ0n) is 30.4. The highest BCUT2D eigenvalue weighted by Crippen LogP contribution is 2.44. The van der Waals surface area contributed by atoms with Gasteiger partial charge in [-0.25, -0.2) is 0 Å². The molecule has 240 valence electrons. The van der Waals surface area contributed by atoms with Crippen molar-refractivity contribution in [3.63, 3.8) is 0 Å². The van der Waals surface area contributed by atoms with Crippen molar-refractivity contribution in [1.29, 1.82) is 0 Å². The maximum atomic E-state index is 3.72. The van der Waals surface area contributed by atoms with Gasteiger partial charge < -0.3 is 15.5 Å². The average Bonchev–Trinajstić information content (AvgIpc) is 3.44. The minimum absolute atomic E-state index is 0.112. The fraction of sp³-hybridized carbons (Fsp3) is 0.512. The monoisotopic (exact) mass is 595 g/mol. The Balaban J connectivity index is 0.000000240. The number of nitrogens with zero attached hydrogens (tertiary/aromatic N) is 1. The van der Waals surface area contributed by atoms with E-state index in [0.29, 0.717) is 18.0 Å². The third-order valence-electron chi connectivity index (χ3n) is 8.92.